The van der Waals surface area contributed by atoms with Gasteiger partial charge in [-0.05, 0) is 55.7 Å². The Bertz CT molecular complexity index is 816. The number of nitrogens with one attached hydrogen (secondary N) is 2. The van der Waals surface area contributed by atoms with Crippen molar-refractivity contribution in [2.75, 3.05) is 5.32 Å². The standard InChI is InChI=1S/C18H17FN2O3/c1-10-2-3-12(17(23)20-13-5-6-13)9-15(10)21-18(24)11-4-7-16(22)14(19)8-11/h2-4,7-9,13,22H,5-6H2,1H3,(H,20,23)(H,21,24). The van der Waals surface area contributed by atoms with Gasteiger partial charge in [0.1, 0.15) is 0 Å². The van der Waals surface area contributed by atoms with Gasteiger partial charge in [-0.25, -0.2) is 4.39 Å². The maximum absolute atomic E-state index is 13.4. The molecular weight excluding hydrogens is 311 g/mol. The number of phenols is 1. The van der Waals surface area contributed by atoms with Gasteiger partial charge in [0.2, 0.25) is 0 Å². The van der Waals surface area contributed by atoms with Gasteiger partial charge >= 0.3 is 0 Å². The van der Waals surface area contributed by atoms with E-state index in [9.17, 15) is 19.1 Å². The topological polar surface area (TPSA) is 78.4 Å². The molecule has 0 aliphatic heterocycles. The average Bonchev–Trinajstić information content (AvgIpc) is 3.36. The molecule has 5 nitrogen and oxygen atoms in total. The van der Waals surface area contributed by atoms with Gasteiger partial charge in [0.25, 0.3) is 11.8 Å². The highest BCUT2D eigenvalue weighted by atomic mass is 19.1. The molecule has 0 heterocycles. The van der Waals surface area contributed by atoms with Crippen molar-refractivity contribution in [1.29, 1.82) is 0 Å². The Balaban J connectivity index is 1.79. The van der Waals surface area contributed by atoms with E-state index in [1.807, 2.05) is 0 Å². The maximum atomic E-state index is 13.4. The Hall–Kier alpha value is -2.89. The molecule has 2 amide bonds. The molecule has 1 aliphatic carbocycles. The van der Waals surface area contributed by atoms with Crippen LogP contribution in [0.5, 0.6) is 5.75 Å². The van der Waals surface area contributed by atoms with Crippen LogP contribution >= 0.6 is 0 Å². The molecule has 0 unspecified atom stereocenters. The normalized spacial score (nSPS) is 13.4. The molecular formula is C18H17FN2O3. The smallest absolute Gasteiger partial charge is 0.255 e. The third-order valence-corrected chi connectivity index (χ3v) is 3.87. The molecule has 2 aromatic rings. The van der Waals surface area contributed by atoms with E-state index in [0.717, 1.165) is 30.5 Å². The van der Waals surface area contributed by atoms with Crippen molar-refractivity contribution >= 4 is 17.5 Å². The second-order valence-corrected chi connectivity index (χ2v) is 5.90. The molecule has 24 heavy (non-hydrogen) atoms. The second-order valence-electron chi connectivity index (χ2n) is 5.90. The fourth-order valence-electron chi connectivity index (χ4n) is 2.24. The van der Waals surface area contributed by atoms with Crippen LogP contribution in [-0.2, 0) is 0 Å². The third-order valence-electron chi connectivity index (χ3n) is 3.87. The first-order valence-electron chi connectivity index (χ1n) is 7.65. The number of carbonyl (C=O) groups excluding carboxylic acids is 2. The molecule has 1 fully saturated rings. The highest BCUT2D eigenvalue weighted by Gasteiger charge is 2.24. The summed E-state index contributed by atoms with van der Waals surface area (Å²) in [6, 6.07) is 8.70. The van der Waals surface area contributed by atoms with E-state index in [-0.39, 0.29) is 17.5 Å². The fraction of sp³-hybridized carbons (Fsp3) is 0.222. The highest BCUT2D eigenvalue weighted by molar-refractivity contribution is 6.05. The molecule has 0 aromatic heterocycles. The molecule has 6 heteroatoms. The van der Waals surface area contributed by atoms with Gasteiger partial charge in [-0.2, -0.15) is 0 Å². The lowest BCUT2D eigenvalue weighted by molar-refractivity contribution is 0.0949. The molecule has 0 spiro atoms. The van der Waals surface area contributed by atoms with Crippen LogP contribution in [0.15, 0.2) is 36.4 Å². The quantitative estimate of drug-likeness (QED) is 0.807. The van der Waals surface area contributed by atoms with Gasteiger partial charge < -0.3 is 15.7 Å². The molecule has 0 saturated heterocycles. The van der Waals surface area contributed by atoms with E-state index in [2.05, 4.69) is 10.6 Å². The fourth-order valence-corrected chi connectivity index (χ4v) is 2.24. The molecule has 1 aliphatic rings. The highest BCUT2D eigenvalue weighted by Crippen LogP contribution is 2.22. The Morgan fingerprint density at radius 1 is 1.08 bits per heavy atom. The number of aryl methyl sites for hydroxylation is 1. The summed E-state index contributed by atoms with van der Waals surface area (Å²) >= 11 is 0. The van der Waals surface area contributed by atoms with Crippen molar-refractivity contribution in [2.45, 2.75) is 25.8 Å². The van der Waals surface area contributed by atoms with E-state index in [1.54, 1.807) is 25.1 Å². The van der Waals surface area contributed by atoms with Gasteiger partial charge in [-0.3, -0.25) is 9.59 Å². The van der Waals surface area contributed by atoms with Gasteiger partial charge in [0.15, 0.2) is 11.6 Å². The summed E-state index contributed by atoms with van der Waals surface area (Å²) in [5, 5.41) is 14.7. The van der Waals surface area contributed by atoms with Crippen LogP contribution in [0.25, 0.3) is 0 Å². The molecule has 0 atom stereocenters. The summed E-state index contributed by atoms with van der Waals surface area (Å²) in [7, 11) is 0. The SMILES string of the molecule is Cc1ccc(C(=O)NC2CC2)cc1NC(=O)c1ccc(O)c(F)c1. The van der Waals surface area contributed by atoms with Crippen LogP contribution in [0.4, 0.5) is 10.1 Å². The molecule has 1 saturated carbocycles. The molecule has 3 rings (SSSR count). The van der Waals surface area contributed by atoms with Crippen LogP contribution in [-0.4, -0.2) is 23.0 Å². The Kier molecular flexibility index (Phi) is 4.20. The first kappa shape index (κ1) is 16.0. The van der Waals surface area contributed by atoms with Crippen molar-refractivity contribution in [3.8, 4) is 5.75 Å². The number of amides is 2. The van der Waals surface area contributed by atoms with Crippen molar-refractivity contribution in [3.63, 3.8) is 0 Å². The largest absolute Gasteiger partial charge is 0.505 e. The van der Waals surface area contributed by atoms with E-state index >= 15 is 0 Å². The first-order valence-corrected chi connectivity index (χ1v) is 7.65. The minimum Gasteiger partial charge on any atom is -0.505 e. The van der Waals surface area contributed by atoms with Crippen LogP contribution in [0.1, 0.15) is 39.1 Å². The van der Waals surface area contributed by atoms with E-state index in [1.165, 1.54) is 6.07 Å². The predicted octanol–water partition coefficient (Wildman–Crippen LogP) is 2.98. The molecule has 0 radical (unpaired) electrons. The monoisotopic (exact) mass is 328 g/mol. The molecule has 2 aromatic carbocycles. The van der Waals surface area contributed by atoms with Gasteiger partial charge in [-0.15, -0.1) is 0 Å². The predicted molar refractivity (Wildman–Crippen MR) is 87.7 cm³/mol. The number of hydrogen-bond acceptors (Lipinski definition) is 3. The zero-order valence-electron chi connectivity index (χ0n) is 13.1. The van der Waals surface area contributed by atoms with Crippen LogP contribution in [0.2, 0.25) is 0 Å². The maximum Gasteiger partial charge on any atom is 0.255 e. The number of rotatable bonds is 4. The van der Waals surface area contributed by atoms with Crippen LogP contribution in [0, 0.1) is 12.7 Å². The summed E-state index contributed by atoms with van der Waals surface area (Å²) in [6.07, 6.45) is 1.99. The van der Waals surface area contributed by atoms with Crippen molar-refractivity contribution in [2.24, 2.45) is 0 Å². The summed E-state index contributed by atoms with van der Waals surface area (Å²) in [4.78, 5) is 24.3. The molecule has 0 bridgehead atoms. The van der Waals surface area contributed by atoms with E-state index in [4.69, 9.17) is 0 Å². The summed E-state index contributed by atoms with van der Waals surface area (Å²) in [5.74, 6) is -2.07. The summed E-state index contributed by atoms with van der Waals surface area (Å²) in [5.41, 5.74) is 1.81. The molecule has 3 N–H and O–H groups in total. The Morgan fingerprint density at radius 3 is 2.42 bits per heavy atom. The van der Waals surface area contributed by atoms with Crippen molar-refractivity contribution in [1.82, 2.24) is 5.32 Å². The van der Waals surface area contributed by atoms with Crippen LogP contribution in [0.3, 0.4) is 0 Å². The average molecular weight is 328 g/mol. The second kappa shape index (κ2) is 6.31. The van der Waals surface area contributed by atoms with E-state index < -0.39 is 17.5 Å². The zero-order valence-corrected chi connectivity index (χ0v) is 13.1. The lowest BCUT2D eigenvalue weighted by Crippen LogP contribution is -2.25. The van der Waals surface area contributed by atoms with Gasteiger partial charge in [0, 0.05) is 22.9 Å². The number of phenolic OH excluding ortho intramolecular Hbond substituents is 1. The number of benzene rings is 2. The third kappa shape index (κ3) is 3.53. The summed E-state index contributed by atoms with van der Waals surface area (Å²) < 4.78 is 13.4. The van der Waals surface area contributed by atoms with E-state index in [0.29, 0.717) is 11.3 Å². The zero-order chi connectivity index (χ0) is 17.3. The number of halogens is 1. The lowest BCUT2D eigenvalue weighted by atomic mass is 10.1. The number of hydrogen-bond donors (Lipinski definition) is 3. The number of anilines is 1. The van der Waals surface area contributed by atoms with Gasteiger partial charge in [0.05, 0.1) is 0 Å². The van der Waals surface area contributed by atoms with Crippen LogP contribution < -0.4 is 10.6 Å². The van der Waals surface area contributed by atoms with Gasteiger partial charge in [-0.1, -0.05) is 6.07 Å². The van der Waals surface area contributed by atoms with Crippen molar-refractivity contribution < 1.29 is 19.1 Å². The number of aromatic hydroxyl groups is 1. The number of carbonyl (C=O) groups is 2. The first-order chi connectivity index (χ1) is 11.4. The summed E-state index contributed by atoms with van der Waals surface area (Å²) in [6.45, 7) is 1.80. The Labute approximate surface area is 138 Å². The molecule has 124 valence electrons. The lowest BCUT2D eigenvalue weighted by Gasteiger charge is -2.11. The Morgan fingerprint density at radius 2 is 1.75 bits per heavy atom. The minimum absolute atomic E-state index is 0.0811. The van der Waals surface area contributed by atoms with Crippen molar-refractivity contribution in [3.05, 3.63) is 58.9 Å². The minimum atomic E-state index is -0.864.